The first kappa shape index (κ1) is 12.0. The van der Waals surface area contributed by atoms with Gasteiger partial charge in [-0.05, 0) is 25.1 Å². The van der Waals surface area contributed by atoms with Crippen LogP contribution in [0, 0.1) is 0 Å². The monoisotopic (exact) mass is 245 g/mol. The maximum atomic E-state index is 11.4. The van der Waals surface area contributed by atoms with Crippen molar-refractivity contribution in [2.24, 2.45) is 0 Å². The number of nitrogens with one attached hydrogen (secondary N) is 1. The van der Waals surface area contributed by atoms with Gasteiger partial charge in [-0.1, -0.05) is 0 Å². The summed E-state index contributed by atoms with van der Waals surface area (Å²) in [5.41, 5.74) is 1.00. The Morgan fingerprint density at radius 2 is 1.67 bits per heavy atom. The number of carboxylic acid groups (broad SMARTS) is 1. The Morgan fingerprint density at radius 1 is 1.00 bits per heavy atom. The van der Waals surface area contributed by atoms with Crippen LogP contribution in [0.25, 0.3) is 10.9 Å². The lowest BCUT2D eigenvalue weighted by Crippen LogP contribution is -2.05. The summed E-state index contributed by atoms with van der Waals surface area (Å²) in [5, 5.41) is 9.71. The van der Waals surface area contributed by atoms with E-state index < -0.39 is 5.97 Å². The molecule has 5 heteroatoms. The first-order chi connectivity index (χ1) is 8.40. The molecule has 1 aromatic carbocycles. The second kappa shape index (κ2) is 4.10. The third-order valence-electron chi connectivity index (χ3n) is 2.75. The standard InChI is InChI=1S/C13H11NO4/c1-6(15)9-3-8-4-11(7(2)16)14-12(8)5-10(9)13(17)18/h3-5,14H,1-2H3,(H,17,18). The number of aromatic carboxylic acids is 1. The summed E-state index contributed by atoms with van der Waals surface area (Å²) < 4.78 is 0. The van der Waals surface area contributed by atoms with E-state index in [1.54, 1.807) is 6.07 Å². The fraction of sp³-hybridized carbons (Fsp3) is 0.154. The number of hydrogen-bond donors (Lipinski definition) is 2. The van der Waals surface area contributed by atoms with Gasteiger partial charge < -0.3 is 10.1 Å². The van der Waals surface area contributed by atoms with Gasteiger partial charge in [0.1, 0.15) is 0 Å². The zero-order chi connectivity index (χ0) is 13.4. The number of rotatable bonds is 3. The summed E-state index contributed by atoms with van der Waals surface area (Å²) >= 11 is 0. The van der Waals surface area contributed by atoms with Crippen molar-refractivity contribution in [1.82, 2.24) is 4.98 Å². The second-order valence-electron chi connectivity index (χ2n) is 4.09. The highest BCUT2D eigenvalue weighted by Crippen LogP contribution is 2.22. The van der Waals surface area contributed by atoms with Crippen LogP contribution in [0.15, 0.2) is 18.2 Å². The summed E-state index contributed by atoms with van der Waals surface area (Å²) in [7, 11) is 0. The van der Waals surface area contributed by atoms with E-state index >= 15 is 0 Å². The molecule has 2 rings (SSSR count). The van der Waals surface area contributed by atoms with E-state index in [0.29, 0.717) is 16.6 Å². The van der Waals surface area contributed by atoms with Gasteiger partial charge >= 0.3 is 5.97 Å². The van der Waals surface area contributed by atoms with E-state index in [2.05, 4.69) is 4.98 Å². The number of hydrogen-bond acceptors (Lipinski definition) is 3. The van der Waals surface area contributed by atoms with Crippen LogP contribution in [0.1, 0.15) is 45.1 Å². The summed E-state index contributed by atoms with van der Waals surface area (Å²) in [5.74, 6) is -1.63. The Bertz CT molecular complexity index is 631. The van der Waals surface area contributed by atoms with Crippen molar-refractivity contribution in [2.75, 3.05) is 0 Å². The minimum Gasteiger partial charge on any atom is -0.478 e. The zero-order valence-electron chi connectivity index (χ0n) is 9.90. The first-order valence-electron chi connectivity index (χ1n) is 5.32. The second-order valence-corrected chi connectivity index (χ2v) is 4.09. The van der Waals surface area contributed by atoms with Gasteiger partial charge in [0.25, 0.3) is 0 Å². The van der Waals surface area contributed by atoms with E-state index in [1.807, 2.05) is 0 Å². The Hall–Kier alpha value is -2.43. The topological polar surface area (TPSA) is 87.2 Å². The molecule has 0 unspecified atom stereocenters. The molecule has 0 amide bonds. The molecule has 0 spiro atoms. The van der Waals surface area contributed by atoms with Crippen LogP contribution >= 0.6 is 0 Å². The molecule has 1 heterocycles. The SMILES string of the molecule is CC(=O)c1cc2cc(C(C)=O)c(C(=O)O)cc2[nH]1. The van der Waals surface area contributed by atoms with Crippen LogP contribution in [-0.4, -0.2) is 27.6 Å². The van der Waals surface area contributed by atoms with E-state index in [9.17, 15) is 14.4 Å². The molecule has 18 heavy (non-hydrogen) atoms. The van der Waals surface area contributed by atoms with E-state index in [-0.39, 0.29) is 22.7 Å². The van der Waals surface area contributed by atoms with Crippen LogP contribution < -0.4 is 0 Å². The van der Waals surface area contributed by atoms with Gasteiger partial charge in [0.05, 0.1) is 11.3 Å². The smallest absolute Gasteiger partial charge is 0.336 e. The van der Waals surface area contributed by atoms with Gasteiger partial charge in [0, 0.05) is 23.4 Å². The highest BCUT2D eigenvalue weighted by Gasteiger charge is 2.16. The summed E-state index contributed by atoms with van der Waals surface area (Å²) in [4.78, 5) is 36.6. The molecule has 0 radical (unpaired) electrons. The number of aromatic amines is 1. The van der Waals surface area contributed by atoms with Gasteiger partial charge in [-0.2, -0.15) is 0 Å². The van der Waals surface area contributed by atoms with Crippen LogP contribution in [0.3, 0.4) is 0 Å². The van der Waals surface area contributed by atoms with Gasteiger partial charge in [-0.15, -0.1) is 0 Å². The van der Waals surface area contributed by atoms with Gasteiger partial charge in [-0.3, -0.25) is 9.59 Å². The Balaban J connectivity index is 2.76. The van der Waals surface area contributed by atoms with Crippen molar-refractivity contribution in [1.29, 1.82) is 0 Å². The molecule has 2 N–H and O–H groups in total. The lowest BCUT2D eigenvalue weighted by atomic mass is 10.0. The first-order valence-corrected chi connectivity index (χ1v) is 5.32. The number of carbonyl (C=O) groups excluding carboxylic acids is 2. The highest BCUT2D eigenvalue weighted by molar-refractivity contribution is 6.09. The van der Waals surface area contributed by atoms with Crippen LogP contribution in [0.4, 0.5) is 0 Å². The van der Waals surface area contributed by atoms with Crippen LogP contribution in [0.5, 0.6) is 0 Å². The molecule has 2 aromatic rings. The number of aromatic nitrogens is 1. The maximum Gasteiger partial charge on any atom is 0.336 e. The summed E-state index contributed by atoms with van der Waals surface area (Å²) in [6.07, 6.45) is 0. The molecule has 1 aromatic heterocycles. The molecular weight excluding hydrogens is 234 g/mol. The minimum atomic E-state index is -1.17. The quantitative estimate of drug-likeness (QED) is 0.812. The Kier molecular flexibility index (Phi) is 2.74. The maximum absolute atomic E-state index is 11.4. The molecule has 0 aliphatic rings. The van der Waals surface area contributed by atoms with Gasteiger partial charge in [0.2, 0.25) is 0 Å². The number of carboxylic acids is 1. The van der Waals surface area contributed by atoms with Gasteiger partial charge in [0.15, 0.2) is 11.6 Å². The molecule has 0 aliphatic carbocycles. The molecule has 92 valence electrons. The Morgan fingerprint density at radius 3 is 2.17 bits per heavy atom. The third-order valence-corrected chi connectivity index (χ3v) is 2.75. The number of carbonyl (C=O) groups is 3. The molecule has 0 saturated heterocycles. The molecule has 0 atom stereocenters. The fourth-order valence-electron chi connectivity index (χ4n) is 1.84. The molecular formula is C13H11NO4. The van der Waals surface area contributed by atoms with E-state index in [1.165, 1.54) is 26.0 Å². The van der Waals surface area contributed by atoms with E-state index in [4.69, 9.17) is 5.11 Å². The van der Waals surface area contributed by atoms with Crippen molar-refractivity contribution in [3.63, 3.8) is 0 Å². The van der Waals surface area contributed by atoms with Crippen molar-refractivity contribution in [2.45, 2.75) is 13.8 Å². The third kappa shape index (κ3) is 1.90. The lowest BCUT2D eigenvalue weighted by Gasteiger charge is -2.02. The Labute approximate surface area is 102 Å². The number of ketones is 2. The largest absolute Gasteiger partial charge is 0.478 e. The molecule has 5 nitrogen and oxygen atoms in total. The molecule has 0 aliphatic heterocycles. The predicted octanol–water partition coefficient (Wildman–Crippen LogP) is 2.27. The predicted molar refractivity (Wildman–Crippen MR) is 65.3 cm³/mol. The highest BCUT2D eigenvalue weighted by atomic mass is 16.4. The van der Waals surface area contributed by atoms with Crippen molar-refractivity contribution in [3.05, 3.63) is 35.0 Å². The fourth-order valence-corrected chi connectivity index (χ4v) is 1.84. The molecule has 0 bridgehead atoms. The van der Waals surface area contributed by atoms with E-state index in [0.717, 1.165) is 0 Å². The van der Waals surface area contributed by atoms with Crippen molar-refractivity contribution in [3.8, 4) is 0 Å². The van der Waals surface area contributed by atoms with Crippen molar-refractivity contribution >= 4 is 28.4 Å². The number of H-pyrrole nitrogens is 1. The number of fused-ring (bicyclic) bond motifs is 1. The summed E-state index contributed by atoms with van der Waals surface area (Å²) in [6.45, 7) is 2.72. The molecule has 0 fully saturated rings. The number of Topliss-reactive ketones (excluding diaryl/α,β-unsaturated/α-hetero) is 2. The molecule has 0 saturated carbocycles. The van der Waals surface area contributed by atoms with Crippen molar-refractivity contribution < 1.29 is 19.5 Å². The van der Waals surface area contributed by atoms with Crippen LogP contribution in [-0.2, 0) is 0 Å². The average molecular weight is 245 g/mol. The lowest BCUT2D eigenvalue weighted by molar-refractivity contribution is 0.0692. The minimum absolute atomic E-state index is 0.0630. The summed E-state index contributed by atoms with van der Waals surface area (Å²) in [6, 6.07) is 4.47. The zero-order valence-corrected chi connectivity index (χ0v) is 9.90. The number of benzene rings is 1. The van der Waals surface area contributed by atoms with Crippen LogP contribution in [0.2, 0.25) is 0 Å². The normalized spacial score (nSPS) is 10.6. The van der Waals surface area contributed by atoms with Gasteiger partial charge in [-0.25, -0.2) is 4.79 Å². The average Bonchev–Trinajstić information content (AvgIpc) is 2.69.